The number of hydrogen-bond donors (Lipinski definition) is 1. The summed E-state index contributed by atoms with van der Waals surface area (Å²) in [6.45, 7) is 4.04. The van der Waals surface area contributed by atoms with Crippen molar-refractivity contribution in [2.24, 2.45) is 5.92 Å². The molecule has 0 spiro atoms. The van der Waals surface area contributed by atoms with Crippen molar-refractivity contribution in [3.63, 3.8) is 0 Å². The third-order valence-electron chi connectivity index (χ3n) is 5.24. The highest BCUT2D eigenvalue weighted by molar-refractivity contribution is 5.83. The van der Waals surface area contributed by atoms with Crippen molar-refractivity contribution in [3.8, 4) is 0 Å². The molecule has 1 aliphatic heterocycles. The molecule has 1 aliphatic carbocycles. The average molecular weight is 344 g/mol. The Morgan fingerprint density at radius 3 is 2.60 bits per heavy atom. The monoisotopic (exact) mass is 344 g/mol. The molecule has 1 N–H and O–H groups in total. The first kappa shape index (κ1) is 17.9. The summed E-state index contributed by atoms with van der Waals surface area (Å²) in [6, 6.07) is 9.86. The molecule has 1 aromatic carbocycles. The molecule has 1 heterocycles. The smallest absolute Gasteiger partial charge is 0.329 e. The summed E-state index contributed by atoms with van der Waals surface area (Å²) in [4.78, 5) is 26.4. The van der Waals surface area contributed by atoms with Gasteiger partial charge in [-0.2, -0.15) is 0 Å². The molecule has 0 radical (unpaired) electrons. The molecule has 0 aromatic heterocycles. The van der Waals surface area contributed by atoms with Gasteiger partial charge in [-0.05, 0) is 30.7 Å². The minimum Gasteiger partial charge on any atom is -0.459 e. The molecule has 136 valence electrons. The third kappa shape index (κ3) is 5.05. The first-order valence-corrected chi connectivity index (χ1v) is 9.35. The molecule has 1 saturated carbocycles. The van der Waals surface area contributed by atoms with E-state index in [-0.39, 0.29) is 23.9 Å². The Bertz CT molecular complexity index is 584. The molecule has 1 unspecified atom stereocenters. The lowest BCUT2D eigenvalue weighted by Crippen LogP contribution is -2.46. The van der Waals surface area contributed by atoms with E-state index in [1.165, 1.54) is 12.5 Å². The van der Waals surface area contributed by atoms with Crippen LogP contribution in [-0.2, 0) is 20.9 Å². The molecule has 5 nitrogen and oxygen atoms in total. The zero-order valence-electron chi connectivity index (χ0n) is 14.9. The molecule has 2 aliphatic rings. The predicted molar refractivity (Wildman–Crippen MR) is 95.8 cm³/mol. The van der Waals surface area contributed by atoms with Crippen LogP contribution in [0.3, 0.4) is 0 Å². The molecule has 0 bridgehead atoms. The highest BCUT2D eigenvalue weighted by Crippen LogP contribution is 2.29. The number of hydrogen-bond acceptors (Lipinski definition) is 4. The van der Waals surface area contributed by atoms with Gasteiger partial charge in [-0.1, -0.05) is 43.2 Å². The second-order valence-electron chi connectivity index (χ2n) is 7.29. The fourth-order valence-electron chi connectivity index (χ4n) is 4.00. The van der Waals surface area contributed by atoms with Gasteiger partial charge < -0.3 is 10.1 Å². The zero-order valence-corrected chi connectivity index (χ0v) is 14.9. The lowest BCUT2D eigenvalue weighted by molar-refractivity contribution is -0.154. The van der Waals surface area contributed by atoms with Gasteiger partial charge in [-0.25, -0.2) is 4.79 Å². The molecule has 5 heteroatoms. The number of esters is 1. The van der Waals surface area contributed by atoms with E-state index < -0.39 is 6.04 Å². The van der Waals surface area contributed by atoms with E-state index in [0.29, 0.717) is 0 Å². The molecule has 3 rings (SSSR count). The summed E-state index contributed by atoms with van der Waals surface area (Å²) in [6.07, 6.45) is 5.02. The highest BCUT2D eigenvalue weighted by Gasteiger charge is 2.35. The van der Waals surface area contributed by atoms with E-state index in [0.717, 1.165) is 51.7 Å². The van der Waals surface area contributed by atoms with Gasteiger partial charge in [0.25, 0.3) is 0 Å². The number of amides is 1. The molecule has 2 atom stereocenters. The van der Waals surface area contributed by atoms with Crippen molar-refractivity contribution in [2.75, 3.05) is 13.1 Å². The van der Waals surface area contributed by atoms with Crippen molar-refractivity contribution >= 4 is 11.9 Å². The van der Waals surface area contributed by atoms with Crippen molar-refractivity contribution in [2.45, 2.75) is 57.7 Å². The van der Waals surface area contributed by atoms with Crippen LogP contribution in [0.15, 0.2) is 30.3 Å². The molecule has 2 fully saturated rings. The van der Waals surface area contributed by atoms with Crippen LogP contribution in [0.1, 0.15) is 44.6 Å². The molecule has 1 aromatic rings. The fraction of sp³-hybridized carbons (Fsp3) is 0.600. The Kier molecular flexibility index (Phi) is 6.08. The summed E-state index contributed by atoms with van der Waals surface area (Å²) >= 11 is 0. The Hall–Kier alpha value is -1.88. The Labute approximate surface area is 149 Å². The maximum atomic E-state index is 12.6. The standard InChI is InChI=1S/C20H28N2O3/c1-15(23)21-19(17-9-5-6-10-17)20(24)25-18-11-12-22(14-18)13-16-7-3-2-4-8-16/h2-4,7-8,17-19H,5-6,9-14H2,1H3,(H,21,23)/t18-,19?/m1/s1. The van der Waals surface area contributed by atoms with E-state index in [1.807, 2.05) is 18.2 Å². The van der Waals surface area contributed by atoms with Crippen molar-refractivity contribution in [1.29, 1.82) is 0 Å². The number of nitrogens with one attached hydrogen (secondary N) is 1. The summed E-state index contributed by atoms with van der Waals surface area (Å²) in [7, 11) is 0. The number of benzene rings is 1. The number of carbonyl (C=O) groups excluding carboxylic acids is 2. The molecule has 1 saturated heterocycles. The van der Waals surface area contributed by atoms with E-state index in [9.17, 15) is 9.59 Å². The number of rotatable bonds is 6. The lowest BCUT2D eigenvalue weighted by Gasteiger charge is -2.24. The Morgan fingerprint density at radius 1 is 1.20 bits per heavy atom. The topological polar surface area (TPSA) is 58.6 Å². The Morgan fingerprint density at radius 2 is 1.92 bits per heavy atom. The van der Waals surface area contributed by atoms with Gasteiger partial charge in [0.1, 0.15) is 12.1 Å². The van der Waals surface area contributed by atoms with Crippen LogP contribution >= 0.6 is 0 Å². The van der Waals surface area contributed by atoms with Gasteiger partial charge in [0.15, 0.2) is 0 Å². The van der Waals surface area contributed by atoms with Crippen LogP contribution in [0.5, 0.6) is 0 Å². The van der Waals surface area contributed by atoms with Gasteiger partial charge in [-0.15, -0.1) is 0 Å². The van der Waals surface area contributed by atoms with Crippen LogP contribution in [0, 0.1) is 5.92 Å². The quantitative estimate of drug-likeness (QED) is 0.806. The number of likely N-dealkylation sites (tertiary alicyclic amines) is 1. The number of carbonyl (C=O) groups is 2. The van der Waals surface area contributed by atoms with Crippen LogP contribution < -0.4 is 5.32 Å². The average Bonchev–Trinajstić information content (AvgIpc) is 3.25. The van der Waals surface area contributed by atoms with E-state index in [4.69, 9.17) is 4.74 Å². The van der Waals surface area contributed by atoms with Gasteiger partial charge >= 0.3 is 5.97 Å². The van der Waals surface area contributed by atoms with Crippen molar-refractivity contribution < 1.29 is 14.3 Å². The lowest BCUT2D eigenvalue weighted by atomic mass is 9.98. The normalized spacial score (nSPS) is 22.7. The first-order chi connectivity index (χ1) is 12.1. The maximum absolute atomic E-state index is 12.6. The van der Waals surface area contributed by atoms with Crippen LogP contribution in [-0.4, -0.2) is 42.0 Å². The van der Waals surface area contributed by atoms with Crippen LogP contribution in [0.25, 0.3) is 0 Å². The summed E-state index contributed by atoms with van der Waals surface area (Å²) < 4.78 is 5.76. The maximum Gasteiger partial charge on any atom is 0.329 e. The van der Waals surface area contributed by atoms with Gasteiger partial charge in [0.05, 0.1) is 0 Å². The van der Waals surface area contributed by atoms with E-state index in [1.54, 1.807) is 0 Å². The van der Waals surface area contributed by atoms with Gasteiger partial charge in [0.2, 0.25) is 5.91 Å². The minimum absolute atomic E-state index is 0.0751. The van der Waals surface area contributed by atoms with E-state index in [2.05, 4.69) is 22.3 Å². The summed E-state index contributed by atoms with van der Waals surface area (Å²) in [5, 5.41) is 2.82. The van der Waals surface area contributed by atoms with Crippen LogP contribution in [0.4, 0.5) is 0 Å². The van der Waals surface area contributed by atoms with Gasteiger partial charge in [-0.3, -0.25) is 9.69 Å². The number of ether oxygens (including phenoxy) is 1. The summed E-state index contributed by atoms with van der Waals surface area (Å²) in [5.41, 5.74) is 1.27. The third-order valence-corrected chi connectivity index (χ3v) is 5.24. The second-order valence-corrected chi connectivity index (χ2v) is 7.29. The van der Waals surface area contributed by atoms with Crippen molar-refractivity contribution in [1.82, 2.24) is 10.2 Å². The summed E-state index contributed by atoms with van der Waals surface area (Å²) in [5.74, 6) is -0.196. The highest BCUT2D eigenvalue weighted by atomic mass is 16.5. The molecular weight excluding hydrogens is 316 g/mol. The van der Waals surface area contributed by atoms with Crippen molar-refractivity contribution in [3.05, 3.63) is 35.9 Å². The molecular formula is C20H28N2O3. The SMILES string of the molecule is CC(=O)NC(C(=O)O[C@@H]1CCN(Cc2ccccc2)C1)C1CCCC1. The first-order valence-electron chi connectivity index (χ1n) is 9.35. The van der Waals surface area contributed by atoms with E-state index >= 15 is 0 Å². The Balaban J connectivity index is 1.52. The molecule has 25 heavy (non-hydrogen) atoms. The fourth-order valence-corrected chi connectivity index (χ4v) is 4.00. The molecule has 1 amide bonds. The second kappa shape index (κ2) is 8.48. The minimum atomic E-state index is -0.483. The zero-order chi connectivity index (χ0) is 17.6. The van der Waals surface area contributed by atoms with Gasteiger partial charge in [0, 0.05) is 26.6 Å². The van der Waals surface area contributed by atoms with Crippen LogP contribution in [0.2, 0.25) is 0 Å². The predicted octanol–water partition coefficient (Wildman–Crippen LogP) is 2.50. The number of nitrogens with zero attached hydrogens (tertiary/aromatic N) is 1. The largest absolute Gasteiger partial charge is 0.459 e.